The average Bonchev–Trinajstić information content (AvgIpc) is 3.51. The molecule has 12 heteroatoms. The molecule has 4 aromatic rings. The standard InChI is InChI=1S/C24H20N6O6/c1-25-7-2-8-28-12-18(16-10-14(30(35)36)4-6-20(16)28)22-21(23(31)27-24(22)32)17-11-26-19-5-3-13(29(33)34)9-15(17)19/h3-6,9-12,25-26H,2,7-8H2,1H3,(H,27,31,32). The molecule has 2 amide bonds. The van der Waals surface area contributed by atoms with Crippen LogP contribution in [0, 0.1) is 20.2 Å². The molecular weight excluding hydrogens is 468 g/mol. The van der Waals surface area contributed by atoms with Gasteiger partial charge in [-0.1, -0.05) is 0 Å². The molecule has 0 bridgehead atoms. The Labute approximate surface area is 202 Å². The Balaban J connectivity index is 1.78. The second-order valence-electron chi connectivity index (χ2n) is 8.37. The van der Waals surface area contributed by atoms with Gasteiger partial charge in [0.15, 0.2) is 0 Å². The summed E-state index contributed by atoms with van der Waals surface area (Å²) in [5.74, 6) is -1.29. The molecule has 5 rings (SSSR count). The first-order valence-corrected chi connectivity index (χ1v) is 11.1. The molecule has 36 heavy (non-hydrogen) atoms. The highest BCUT2D eigenvalue weighted by molar-refractivity contribution is 6.50. The number of nitro benzene ring substituents is 2. The summed E-state index contributed by atoms with van der Waals surface area (Å²) >= 11 is 0. The minimum absolute atomic E-state index is 0.0486. The van der Waals surface area contributed by atoms with Crippen molar-refractivity contribution in [2.75, 3.05) is 13.6 Å². The van der Waals surface area contributed by atoms with Crippen LogP contribution < -0.4 is 10.6 Å². The van der Waals surface area contributed by atoms with Crippen molar-refractivity contribution in [2.24, 2.45) is 0 Å². The molecule has 2 aromatic heterocycles. The van der Waals surface area contributed by atoms with E-state index in [0.717, 1.165) is 13.0 Å². The van der Waals surface area contributed by atoms with Gasteiger partial charge in [-0.25, -0.2) is 0 Å². The van der Waals surface area contributed by atoms with Crippen molar-refractivity contribution in [1.29, 1.82) is 0 Å². The Morgan fingerprint density at radius 2 is 1.56 bits per heavy atom. The van der Waals surface area contributed by atoms with Gasteiger partial charge in [0.05, 0.1) is 21.0 Å². The molecule has 2 aromatic carbocycles. The minimum Gasteiger partial charge on any atom is -0.361 e. The van der Waals surface area contributed by atoms with E-state index in [-0.39, 0.29) is 22.5 Å². The number of fused-ring (bicyclic) bond motifs is 2. The van der Waals surface area contributed by atoms with Crippen LogP contribution in [0.5, 0.6) is 0 Å². The number of carbonyl (C=O) groups is 2. The fourth-order valence-electron chi connectivity index (χ4n) is 4.61. The summed E-state index contributed by atoms with van der Waals surface area (Å²) in [5, 5.41) is 29.1. The van der Waals surface area contributed by atoms with Crippen molar-refractivity contribution in [3.63, 3.8) is 0 Å². The van der Waals surface area contributed by atoms with Crippen LogP contribution in [-0.2, 0) is 16.1 Å². The van der Waals surface area contributed by atoms with Crippen molar-refractivity contribution in [1.82, 2.24) is 20.2 Å². The summed E-state index contributed by atoms with van der Waals surface area (Å²) in [7, 11) is 1.83. The maximum absolute atomic E-state index is 13.1. The molecule has 0 unspecified atom stereocenters. The molecule has 0 fully saturated rings. The largest absolute Gasteiger partial charge is 0.361 e. The molecule has 0 spiro atoms. The van der Waals surface area contributed by atoms with Crippen molar-refractivity contribution in [3.8, 4) is 0 Å². The number of rotatable bonds is 8. The lowest BCUT2D eigenvalue weighted by Crippen LogP contribution is -2.22. The molecule has 182 valence electrons. The number of amides is 2. The number of aromatic amines is 1. The molecule has 12 nitrogen and oxygen atoms in total. The fourth-order valence-corrected chi connectivity index (χ4v) is 4.61. The first kappa shape index (κ1) is 22.9. The molecule has 0 radical (unpaired) electrons. The number of nitro groups is 2. The monoisotopic (exact) mass is 488 g/mol. The Bertz CT molecular complexity index is 1630. The Kier molecular flexibility index (Phi) is 5.57. The molecule has 0 saturated heterocycles. The lowest BCUT2D eigenvalue weighted by molar-refractivity contribution is -0.384. The van der Waals surface area contributed by atoms with Crippen LogP contribution in [0.4, 0.5) is 11.4 Å². The van der Waals surface area contributed by atoms with Gasteiger partial charge in [0.1, 0.15) is 0 Å². The van der Waals surface area contributed by atoms with Crippen LogP contribution in [-0.4, -0.2) is 44.8 Å². The Morgan fingerprint density at radius 3 is 2.22 bits per heavy atom. The molecule has 1 aliphatic rings. The maximum Gasteiger partial charge on any atom is 0.270 e. The van der Waals surface area contributed by atoms with Gasteiger partial charge in [-0.05, 0) is 32.1 Å². The smallest absolute Gasteiger partial charge is 0.270 e. The summed E-state index contributed by atoms with van der Waals surface area (Å²) in [6.45, 7) is 1.32. The van der Waals surface area contributed by atoms with E-state index in [1.165, 1.54) is 36.5 Å². The summed E-state index contributed by atoms with van der Waals surface area (Å²) in [6, 6.07) is 8.63. The van der Waals surface area contributed by atoms with Gasteiger partial charge >= 0.3 is 0 Å². The van der Waals surface area contributed by atoms with Gasteiger partial charge in [0.25, 0.3) is 23.2 Å². The number of nitrogens with one attached hydrogen (secondary N) is 3. The molecule has 3 heterocycles. The first-order valence-electron chi connectivity index (χ1n) is 11.1. The third-order valence-corrected chi connectivity index (χ3v) is 6.25. The SMILES string of the molecule is CNCCCn1cc(C2=C(c3c[nH]c4ccc([N+](=O)[O-])cc34)C(=O)NC2=O)c2cc([N+](=O)[O-])ccc21. The zero-order valence-corrected chi connectivity index (χ0v) is 19.0. The van der Waals surface area contributed by atoms with Crippen LogP contribution in [0.3, 0.4) is 0 Å². The van der Waals surface area contributed by atoms with E-state index in [1.807, 2.05) is 11.6 Å². The number of aromatic nitrogens is 2. The number of hydrogen-bond acceptors (Lipinski definition) is 7. The number of carbonyl (C=O) groups excluding carboxylic acids is 2. The van der Waals surface area contributed by atoms with Crippen molar-refractivity contribution >= 4 is 56.1 Å². The van der Waals surface area contributed by atoms with Crippen molar-refractivity contribution in [2.45, 2.75) is 13.0 Å². The summed E-state index contributed by atoms with van der Waals surface area (Å²) in [6.07, 6.45) is 4.01. The number of benzene rings is 2. The van der Waals surface area contributed by atoms with Crippen LogP contribution in [0.15, 0.2) is 48.8 Å². The lowest BCUT2D eigenvalue weighted by Gasteiger charge is -2.04. The Hall–Kier alpha value is -4.84. The number of H-pyrrole nitrogens is 1. The highest BCUT2D eigenvalue weighted by atomic mass is 16.6. The number of non-ortho nitro benzene ring substituents is 2. The third kappa shape index (κ3) is 3.69. The highest BCUT2D eigenvalue weighted by Gasteiger charge is 2.35. The van der Waals surface area contributed by atoms with E-state index in [4.69, 9.17) is 0 Å². The topological polar surface area (TPSA) is 165 Å². The molecule has 0 aliphatic carbocycles. The summed E-state index contributed by atoms with van der Waals surface area (Å²) in [4.78, 5) is 50.8. The number of aryl methyl sites for hydroxylation is 1. The predicted molar refractivity (Wildman–Crippen MR) is 132 cm³/mol. The van der Waals surface area contributed by atoms with Crippen molar-refractivity contribution in [3.05, 3.63) is 80.1 Å². The third-order valence-electron chi connectivity index (χ3n) is 6.25. The van der Waals surface area contributed by atoms with E-state index in [9.17, 15) is 29.8 Å². The quantitative estimate of drug-likeness (QED) is 0.148. The molecule has 1 aliphatic heterocycles. The molecular formula is C24H20N6O6. The highest BCUT2D eigenvalue weighted by Crippen LogP contribution is 2.39. The fraction of sp³-hybridized carbons (Fsp3) is 0.167. The number of nitrogens with zero attached hydrogens (tertiary/aromatic N) is 3. The van der Waals surface area contributed by atoms with Gasteiger partial charge in [0.2, 0.25) is 0 Å². The summed E-state index contributed by atoms with van der Waals surface area (Å²) < 4.78 is 1.90. The average molecular weight is 488 g/mol. The second kappa shape index (κ2) is 8.74. The van der Waals surface area contributed by atoms with Crippen LogP contribution in [0.25, 0.3) is 33.0 Å². The zero-order valence-electron chi connectivity index (χ0n) is 19.0. The second-order valence-corrected chi connectivity index (χ2v) is 8.37. The first-order chi connectivity index (χ1) is 17.3. The number of hydrogen-bond donors (Lipinski definition) is 3. The summed E-state index contributed by atoms with van der Waals surface area (Å²) in [5.41, 5.74) is 1.74. The van der Waals surface area contributed by atoms with Crippen molar-refractivity contribution < 1.29 is 19.4 Å². The number of imide groups is 1. The minimum atomic E-state index is -0.649. The van der Waals surface area contributed by atoms with Gasteiger partial charge in [-0.2, -0.15) is 0 Å². The van der Waals surface area contributed by atoms with Gasteiger partial charge < -0.3 is 14.9 Å². The van der Waals surface area contributed by atoms with Crippen LogP contribution >= 0.6 is 0 Å². The van der Waals surface area contributed by atoms with Gasteiger partial charge in [0, 0.05) is 76.1 Å². The van der Waals surface area contributed by atoms with E-state index in [0.29, 0.717) is 39.5 Å². The predicted octanol–water partition coefficient (Wildman–Crippen LogP) is 3.12. The maximum atomic E-state index is 13.1. The van der Waals surface area contributed by atoms with E-state index < -0.39 is 21.7 Å². The zero-order chi connectivity index (χ0) is 25.6. The van der Waals surface area contributed by atoms with Gasteiger partial charge in [-0.3, -0.25) is 35.1 Å². The van der Waals surface area contributed by atoms with E-state index >= 15 is 0 Å². The van der Waals surface area contributed by atoms with Gasteiger partial charge in [-0.15, -0.1) is 0 Å². The normalized spacial score (nSPS) is 13.7. The van der Waals surface area contributed by atoms with Crippen LogP contribution in [0.2, 0.25) is 0 Å². The molecule has 0 saturated carbocycles. The molecule has 3 N–H and O–H groups in total. The van der Waals surface area contributed by atoms with E-state index in [2.05, 4.69) is 15.6 Å². The molecule has 0 atom stereocenters. The lowest BCUT2D eigenvalue weighted by atomic mass is 9.95. The van der Waals surface area contributed by atoms with Crippen LogP contribution in [0.1, 0.15) is 17.5 Å². The van der Waals surface area contributed by atoms with E-state index in [1.54, 1.807) is 12.3 Å². The Morgan fingerprint density at radius 1 is 0.917 bits per heavy atom.